The van der Waals surface area contributed by atoms with Crippen LogP contribution in [0.5, 0.6) is 0 Å². The summed E-state index contributed by atoms with van der Waals surface area (Å²) in [4.78, 5) is 0. The molecule has 1 aromatic carbocycles. The Bertz CT molecular complexity index is 363. The zero-order chi connectivity index (χ0) is 10.6. The first-order valence-corrected chi connectivity index (χ1v) is 4.99. The van der Waals surface area contributed by atoms with Crippen LogP contribution in [0.3, 0.4) is 0 Å². The summed E-state index contributed by atoms with van der Waals surface area (Å²) in [6.07, 6.45) is 4.33. The lowest BCUT2D eigenvalue weighted by molar-refractivity contribution is 1.38. The van der Waals surface area contributed by atoms with Crippen LogP contribution < -0.4 is 0 Å². The predicted molar refractivity (Wildman–Crippen MR) is 64.3 cm³/mol. The summed E-state index contributed by atoms with van der Waals surface area (Å²) in [7, 11) is 0. The molecule has 0 atom stereocenters. The van der Waals surface area contributed by atoms with Crippen LogP contribution in [0.1, 0.15) is 31.9 Å². The average molecular weight is 186 g/mol. The van der Waals surface area contributed by atoms with E-state index >= 15 is 0 Å². The van der Waals surface area contributed by atoms with Crippen molar-refractivity contribution in [3.05, 3.63) is 53.1 Å². The average Bonchev–Trinajstić information content (AvgIpc) is 2.15. The van der Waals surface area contributed by atoms with E-state index in [1.807, 2.05) is 0 Å². The molecule has 0 nitrogen and oxygen atoms in total. The molecule has 0 aromatic heterocycles. The van der Waals surface area contributed by atoms with E-state index in [1.165, 1.54) is 22.3 Å². The van der Waals surface area contributed by atoms with Gasteiger partial charge in [0.1, 0.15) is 0 Å². The Labute approximate surface area is 87.0 Å². The van der Waals surface area contributed by atoms with E-state index in [0.29, 0.717) is 0 Å². The minimum atomic E-state index is 1.32. The van der Waals surface area contributed by atoms with Crippen LogP contribution in [0.4, 0.5) is 0 Å². The molecule has 1 aromatic rings. The highest BCUT2D eigenvalue weighted by atomic mass is 14.0. The molecule has 0 N–H and O–H groups in total. The van der Waals surface area contributed by atoms with Crippen molar-refractivity contribution in [1.29, 1.82) is 0 Å². The smallest absolute Gasteiger partial charge is 0.0198 e. The molecule has 0 fully saturated rings. The van der Waals surface area contributed by atoms with Crippen molar-refractivity contribution in [3.8, 4) is 0 Å². The molecule has 0 aliphatic heterocycles. The lowest BCUT2D eigenvalue weighted by Gasteiger charge is -2.04. The minimum absolute atomic E-state index is 1.32. The predicted octanol–water partition coefficient (Wildman–Crippen LogP) is 4.36. The first-order chi connectivity index (χ1) is 6.61. The number of hydrogen-bond acceptors (Lipinski definition) is 0. The summed E-state index contributed by atoms with van der Waals surface area (Å²) in [6, 6.07) is 8.48. The Morgan fingerprint density at radius 2 is 1.64 bits per heavy atom. The van der Waals surface area contributed by atoms with Crippen molar-refractivity contribution in [2.75, 3.05) is 0 Å². The van der Waals surface area contributed by atoms with Crippen LogP contribution in [-0.4, -0.2) is 0 Å². The number of benzene rings is 1. The normalized spacial score (nSPS) is 11.3. The van der Waals surface area contributed by atoms with Crippen LogP contribution in [0, 0.1) is 6.92 Å². The number of rotatable bonds is 2. The summed E-state index contributed by atoms with van der Waals surface area (Å²) in [6.45, 7) is 8.53. The van der Waals surface area contributed by atoms with Crippen molar-refractivity contribution in [3.63, 3.8) is 0 Å². The second kappa shape index (κ2) is 4.80. The Hall–Kier alpha value is -1.30. The molecule has 0 heteroatoms. The molecule has 0 aliphatic carbocycles. The van der Waals surface area contributed by atoms with E-state index in [2.05, 4.69) is 64.1 Å². The molecule has 0 spiro atoms. The number of aryl methyl sites for hydroxylation is 1. The van der Waals surface area contributed by atoms with Gasteiger partial charge in [-0.3, -0.25) is 0 Å². The van der Waals surface area contributed by atoms with E-state index in [9.17, 15) is 0 Å². The van der Waals surface area contributed by atoms with Gasteiger partial charge < -0.3 is 0 Å². The highest BCUT2D eigenvalue weighted by Crippen LogP contribution is 2.17. The van der Waals surface area contributed by atoms with E-state index in [4.69, 9.17) is 0 Å². The molecule has 0 saturated carbocycles. The molecule has 0 amide bonds. The van der Waals surface area contributed by atoms with E-state index in [1.54, 1.807) is 0 Å². The highest BCUT2D eigenvalue weighted by Gasteiger charge is 1.96. The van der Waals surface area contributed by atoms with Gasteiger partial charge in [0, 0.05) is 0 Å². The fourth-order valence-electron chi connectivity index (χ4n) is 1.40. The molecule has 0 bridgehead atoms. The second-order valence-electron chi connectivity index (χ2n) is 3.91. The second-order valence-corrected chi connectivity index (χ2v) is 3.91. The maximum Gasteiger partial charge on any atom is -0.0198 e. The third-order valence-corrected chi connectivity index (χ3v) is 2.24. The van der Waals surface area contributed by atoms with Crippen LogP contribution >= 0.6 is 0 Å². The largest absolute Gasteiger partial charge is 0.0764 e. The fourth-order valence-corrected chi connectivity index (χ4v) is 1.40. The van der Waals surface area contributed by atoms with Gasteiger partial charge in [0.2, 0.25) is 0 Å². The third-order valence-electron chi connectivity index (χ3n) is 2.24. The van der Waals surface area contributed by atoms with Crippen molar-refractivity contribution in [2.24, 2.45) is 0 Å². The zero-order valence-electron chi connectivity index (χ0n) is 9.46. The van der Waals surface area contributed by atoms with E-state index < -0.39 is 0 Å². The summed E-state index contributed by atoms with van der Waals surface area (Å²) >= 11 is 0. The quantitative estimate of drug-likeness (QED) is 0.602. The Morgan fingerprint density at radius 1 is 1.00 bits per heavy atom. The Kier molecular flexibility index (Phi) is 3.70. The van der Waals surface area contributed by atoms with Crippen LogP contribution in [0.2, 0.25) is 0 Å². The number of allylic oxidation sites excluding steroid dienone is 4. The topological polar surface area (TPSA) is 0 Å². The van der Waals surface area contributed by atoms with Crippen molar-refractivity contribution in [1.82, 2.24) is 0 Å². The summed E-state index contributed by atoms with van der Waals surface area (Å²) in [5, 5.41) is 0. The maximum absolute atomic E-state index is 2.18. The van der Waals surface area contributed by atoms with E-state index in [-0.39, 0.29) is 0 Å². The SMILES string of the molecule is CC(C)=C/C=C(\C)c1ccccc1C. The molecule has 74 valence electrons. The van der Waals surface area contributed by atoms with E-state index in [0.717, 1.165) is 0 Å². The van der Waals surface area contributed by atoms with Gasteiger partial charge in [-0.15, -0.1) is 0 Å². The summed E-state index contributed by atoms with van der Waals surface area (Å²) in [5.74, 6) is 0. The van der Waals surface area contributed by atoms with Gasteiger partial charge in [-0.05, 0) is 44.4 Å². The lowest BCUT2D eigenvalue weighted by Crippen LogP contribution is -1.83. The molecule has 0 saturated heterocycles. The van der Waals surface area contributed by atoms with Gasteiger partial charge in [0.05, 0.1) is 0 Å². The van der Waals surface area contributed by atoms with Gasteiger partial charge in [-0.25, -0.2) is 0 Å². The van der Waals surface area contributed by atoms with Gasteiger partial charge in [0.15, 0.2) is 0 Å². The van der Waals surface area contributed by atoms with Gasteiger partial charge >= 0.3 is 0 Å². The summed E-state index contributed by atoms with van der Waals surface area (Å²) in [5.41, 5.74) is 5.33. The van der Waals surface area contributed by atoms with Gasteiger partial charge in [-0.1, -0.05) is 42.0 Å². The van der Waals surface area contributed by atoms with Crippen molar-refractivity contribution < 1.29 is 0 Å². The molecule has 0 unspecified atom stereocenters. The first kappa shape index (κ1) is 10.8. The van der Waals surface area contributed by atoms with Gasteiger partial charge in [0.25, 0.3) is 0 Å². The molecule has 0 heterocycles. The Morgan fingerprint density at radius 3 is 2.21 bits per heavy atom. The molecular weight excluding hydrogens is 168 g/mol. The summed E-state index contributed by atoms with van der Waals surface area (Å²) < 4.78 is 0. The molecular formula is C14H18. The molecule has 0 radical (unpaired) electrons. The van der Waals surface area contributed by atoms with Crippen LogP contribution in [0.25, 0.3) is 5.57 Å². The molecule has 14 heavy (non-hydrogen) atoms. The Balaban J connectivity index is 3.01. The minimum Gasteiger partial charge on any atom is -0.0764 e. The highest BCUT2D eigenvalue weighted by molar-refractivity contribution is 5.67. The lowest BCUT2D eigenvalue weighted by atomic mass is 10.0. The first-order valence-electron chi connectivity index (χ1n) is 4.99. The zero-order valence-corrected chi connectivity index (χ0v) is 9.46. The maximum atomic E-state index is 2.18. The standard InChI is InChI=1S/C14H18/c1-11(2)9-10-13(4)14-8-6-5-7-12(14)3/h5-10H,1-4H3/b13-10+. The molecule has 1 rings (SSSR count). The number of hydrogen-bond donors (Lipinski definition) is 0. The monoisotopic (exact) mass is 186 g/mol. The fraction of sp³-hybridized carbons (Fsp3) is 0.286. The van der Waals surface area contributed by atoms with Gasteiger partial charge in [-0.2, -0.15) is 0 Å². The van der Waals surface area contributed by atoms with Crippen molar-refractivity contribution in [2.45, 2.75) is 27.7 Å². The van der Waals surface area contributed by atoms with Crippen molar-refractivity contribution >= 4 is 5.57 Å². The third kappa shape index (κ3) is 2.88. The van der Waals surface area contributed by atoms with Crippen LogP contribution in [0.15, 0.2) is 42.0 Å². The van der Waals surface area contributed by atoms with Crippen LogP contribution in [-0.2, 0) is 0 Å². The molecule has 0 aliphatic rings.